The molecule has 0 bridgehead atoms. The lowest BCUT2D eigenvalue weighted by Gasteiger charge is -2.35. The number of amides is 2. The number of piperazine rings is 1. The van der Waals surface area contributed by atoms with E-state index < -0.39 is 0 Å². The number of nitrogens with one attached hydrogen (secondary N) is 1. The highest BCUT2D eigenvalue weighted by atomic mass is 16.5. The molecule has 0 aromatic heterocycles. The van der Waals surface area contributed by atoms with Crippen molar-refractivity contribution >= 4 is 17.5 Å². The maximum absolute atomic E-state index is 12.6. The molecule has 1 saturated heterocycles. The maximum atomic E-state index is 12.6. The molecule has 0 unspecified atom stereocenters. The molecule has 2 aromatic carbocycles. The number of nitrogens with zero attached hydrogens (tertiary/aromatic N) is 3. The van der Waals surface area contributed by atoms with E-state index >= 15 is 0 Å². The van der Waals surface area contributed by atoms with Crippen LogP contribution in [-0.4, -0.2) is 78.9 Å². The molecule has 3 rings (SSSR count). The Balaban J connectivity index is 1.42. The highest BCUT2D eigenvalue weighted by Crippen LogP contribution is 2.29. The van der Waals surface area contributed by atoms with Crippen molar-refractivity contribution in [1.29, 1.82) is 0 Å². The van der Waals surface area contributed by atoms with Crippen LogP contribution in [-0.2, 0) is 9.59 Å². The van der Waals surface area contributed by atoms with Crippen LogP contribution in [0.1, 0.15) is 20.3 Å². The predicted molar refractivity (Wildman–Crippen MR) is 127 cm³/mol. The number of para-hydroxylation sites is 3. The molecule has 172 valence electrons. The molecule has 0 radical (unpaired) electrons. The molecule has 2 amide bonds. The van der Waals surface area contributed by atoms with Gasteiger partial charge < -0.3 is 19.9 Å². The minimum Gasteiger partial charge on any atom is -0.455 e. The summed E-state index contributed by atoms with van der Waals surface area (Å²) in [5.74, 6) is 1.51. The summed E-state index contributed by atoms with van der Waals surface area (Å²) in [6.07, 6.45) is 0.415. The fourth-order valence-electron chi connectivity index (χ4n) is 3.79. The molecule has 0 aliphatic carbocycles. The summed E-state index contributed by atoms with van der Waals surface area (Å²) in [7, 11) is 0. The Kier molecular flexibility index (Phi) is 9.07. The summed E-state index contributed by atoms with van der Waals surface area (Å²) in [5, 5.41) is 2.98. The molecule has 7 nitrogen and oxygen atoms in total. The number of benzene rings is 2. The molecule has 1 fully saturated rings. The zero-order valence-electron chi connectivity index (χ0n) is 19.1. The summed E-state index contributed by atoms with van der Waals surface area (Å²) in [6, 6.07) is 17.0. The summed E-state index contributed by atoms with van der Waals surface area (Å²) < 4.78 is 5.92. The number of ether oxygens (including phenoxy) is 1. The topological polar surface area (TPSA) is 65.1 Å². The lowest BCUT2D eigenvalue weighted by molar-refractivity contribution is -0.132. The standard InChI is InChI=1S/C25H34N4O3/c1-3-29(4-2)25(31)20-28-18-16-27(17-19-28)15-14-24(30)26-22-12-8-9-13-23(22)32-21-10-6-5-7-11-21/h5-13H,3-4,14-20H2,1-2H3,(H,26,30). The minimum absolute atomic E-state index is 0.0340. The molecular formula is C25H34N4O3. The van der Waals surface area contributed by atoms with Crippen LogP contribution in [0.3, 0.4) is 0 Å². The van der Waals surface area contributed by atoms with Gasteiger partial charge in [-0.25, -0.2) is 0 Å². The van der Waals surface area contributed by atoms with Gasteiger partial charge in [0.1, 0.15) is 5.75 Å². The van der Waals surface area contributed by atoms with Gasteiger partial charge in [0.2, 0.25) is 11.8 Å². The van der Waals surface area contributed by atoms with Crippen LogP contribution in [0.5, 0.6) is 11.5 Å². The summed E-state index contributed by atoms with van der Waals surface area (Å²) >= 11 is 0. The normalized spacial score (nSPS) is 14.7. The van der Waals surface area contributed by atoms with E-state index in [2.05, 4.69) is 15.1 Å². The SMILES string of the molecule is CCN(CC)C(=O)CN1CCN(CCC(=O)Nc2ccccc2Oc2ccccc2)CC1. The molecule has 32 heavy (non-hydrogen) atoms. The van der Waals surface area contributed by atoms with Crippen LogP contribution in [0, 0.1) is 0 Å². The van der Waals surface area contributed by atoms with Gasteiger partial charge >= 0.3 is 0 Å². The Labute approximate surface area is 190 Å². The Hall–Kier alpha value is -2.90. The first kappa shape index (κ1) is 23.8. The van der Waals surface area contributed by atoms with Crippen molar-refractivity contribution in [2.24, 2.45) is 0 Å². The Morgan fingerprint density at radius 2 is 1.53 bits per heavy atom. The molecule has 0 atom stereocenters. The Morgan fingerprint density at radius 1 is 0.906 bits per heavy atom. The van der Waals surface area contributed by atoms with Crippen LogP contribution < -0.4 is 10.1 Å². The second-order valence-electron chi connectivity index (χ2n) is 7.89. The predicted octanol–water partition coefficient (Wildman–Crippen LogP) is 3.29. The van der Waals surface area contributed by atoms with Gasteiger partial charge in [-0.05, 0) is 38.1 Å². The molecule has 0 saturated carbocycles. The fourth-order valence-corrected chi connectivity index (χ4v) is 3.79. The zero-order valence-corrected chi connectivity index (χ0v) is 19.1. The molecule has 1 N–H and O–H groups in total. The maximum Gasteiger partial charge on any atom is 0.236 e. The third-order valence-electron chi connectivity index (χ3n) is 5.73. The summed E-state index contributed by atoms with van der Waals surface area (Å²) in [5.41, 5.74) is 0.668. The van der Waals surface area contributed by atoms with E-state index in [1.54, 1.807) is 0 Å². The van der Waals surface area contributed by atoms with Crippen LogP contribution in [0.25, 0.3) is 0 Å². The Bertz CT molecular complexity index is 863. The molecule has 0 spiro atoms. The van der Waals surface area contributed by atoms with Crippen LogP contribution in [0.4, 0.5) is 5.69 Å². The first-order chi connectivity index (χ1) is 15.6. The van der Waals surface area contributed by atoms with Crippen LogP contribution in [0.2, 0.25) is 0 Å². The van der Waals surface area contributed by atoms with Crippen molar-refractivity contribution in [3.8, 4) is 11.5 Å². The van der Waals surface area contributed by atoms with Crippen molar-refractivity contribution in [1.82, 2.24) is 14.7 Å². The number of carbonyl (C=O) groups is 2. The average molecular weight is 439 g/mol. The number of hydrogen-bond acceptors (Lipinski definition) is 5. The van der Waals surface area contributed by atoms with E-state index in [-0.39, 0.29) is 11.8 Å². The summed E-state index contributed by atoms with van der Waals surface area (Å²) in [6.45, 7) is 10.1. The monoisotopic (exact) mass is 438 g/mol. The largest absolute Gasteiger partial charge is 0.455 e. The second kappa shape index (κ2) is 12.2. The Morgan fingerprint density at radius 3 is 2.22 bits per heavy atom. The van der Waals surface area contributed by atoms with Crippen molar-refractivity contribution in [3.05, 3.63) is 54.6 Å². The van der Waals surface area contributed by atoms with E-state index in [1.807, 2.05) is 73.3 Å². The number of carbonyl (C=O) groups excluding carboxylic acids is 2. The number of rotatable bonds is 10. The van der Waals surface area contributed by atoms with Gasteiger partial charge in [0.15, 0.2) is 5.75 Å². The van der Waals surface area contributed by atoms with Gasteiger partial charge in [0, 0.05) is 52.2 Å². The van der Waals surface area contributed by atoms with Gasteiger partial charge in [-0.2, -0.15) is 0 Å². The van der Waals surface area contributed by atoms with E-state index in [9.17, 15) is 9.59 Å². The average Bonchev–Trinajstić information content (AvgIpc) is 2.81. The zero-order chi connectivity index (χ0) is 22.8. The van der Waals surface area contributed by atoms with Crippen LogP contribution in [0.15, 0.2) is 54.6 Å². The van der Waals surface area contributed by atoms with E-state index in [1.165, 1.54) is 0 Å². The van der Waals surface area contributed by atoms with Gasteiger partial charge in [-0.1, -0.05) is 30.3 Å². The molecule has 7 heteroatoms. The van der Waals surface area contributed by atoms with E-state index in [0.29, 0.717) is 30.9 Å². The lowest BCUT2D eigenvalue weighted by atomic mass is 10.2. The smallest absolute Gasteiger partial charge is 0.236 e. The van der Waals surface area contributed by atoms with E-state index in [4.69, 9.17) is 4.74 Å². The number of hydrogen-bond donors (Lipinski definition) is 1. The second-order valence-corrected chi connectivity index (χ2v) is 7.89. The van der Waals surface area contributed by atoms with Gasteiger partial charge in [-0.15, -0.1) is 0 Å². The first-order valence-corrected chi connectivity index (χ1v) is 11.4. The third kappa shape index (κ3) is 7.07. The van der Waals surface area contributed by atoms with Crippen molar-refractivity contribution in [3.63, 3.8) is 0 Å². The number of anilines is 1. The summed E-state index contributed by atoms with van der Waals surface area (Å²) in [4.78, 5) is 31.2. The minimum atomic E-state index is -0.0340. The molecular weight excluding hydrogens is 404 g/mol. The molecule has 1 aliphatic rings. The van der Waals surface area contributed by atoms with Crippen molar-refractivity contribution < 1.29 is 14.3 Å². The highest BCUT2D eigenvalue weighted by molar-refractivity contribution is 5.92. The van der Waals surface area contributed by atoms with Crippen molar-refractivity contribution in [2.75, 3.05) is 57.7 Å². The van der Waals surface area contributed by atoms with Crippen LogP contribution >= 0.6 is 0 Å². The third-order valence-corrected chi connectivity index (χ3v) is 5.73. The molecule has 2 aromatic rings. The van der Waals surface area contributed by atoms with Crippen molar-refractivity contribution in [2.45, 2.75) is 20.3 Å². The first-order valence-electron chi connectivity index (χ1n) is 11.4. The quantitative estimate of drug-likeness (QED) is 0.617. The van der Waals surface area contributed by atoms with E-state index in [0.717, 1.165) is 45.0 Å². The van der Waals surface area contributed by atoms with Gasteiger partial charge in [0.25, 0.3) is 0 Å². The molecule has 1 heterocycles. The fraction of sp³-hybridized carbons (Fsp3) is 0.440. The number of likely N-dealkylation sites (N-methyl/N-ethyl adjacent to an activating group) is 1. The highest BCUT2D eigenvalue weighted by Gasteiger charge is 2.21. The van der Waals surface area contributed by atoms with Gasteiger partial charge in [0.05, 0.1) is 12.2 Å². The van der Waals surface area contributed by atoms with Gasteiger partial charge in [-0.3, -0.25) is 14.5 Å². The molecule has 1 aliphatic heterocycles. The lowest BCUT2D eigenvalue weighted by Crippen LogP contribution is -2.50.